The Bertz CT molecular complexity index is 607. The van der Waals surface area contributed by atoms with E-state index >= 15 is 0 Å². The predicted octanol–water partition coefficient (Wildman–Crippen LogP) is 2.17. The molecule has 0 heterocycles. The minimum atomic E-state index is -3.43. The molecule has 0 aliphatic heterocycles. The van der Waals surface area contributed by atoms with Gasteiger partial charge in [-0.2, -0.15) is 0 Å². The van der Waals surface area contributed by atoms with Crippen LogP contribution in [0.3, 0.4) is 0 Å². The third-order valence-electron chi connectivity index (χ3n) is 4.64. The molecule has 5 heteroatoms. The summed E-state index contributed by atoms with van der Waals surface area (Å²) in [6, 6.07) is 5.47. The molecular weight excluding hydrogens is 284 g/mol. The Morgan fingerprint density at radius 3 is 2.29 bits per heavy atom. The number of hydrogen-bond donors (Lipinski definition) is 2. The first-order valence-electron chi connectivity index (χ1n) is 7.89. The van der Waals surface area contributed by atoms with Crippen molar-refractivity contribution in [3.05, 3.63) is 29.3 Å². The second-order valence-electron chi connectivity index (χ2n) is 6.31. The first kappa shape index (κ1) is 15.0. The molecule has 1 aromatic carbocycles. The molecule has 2 aliphatic carbocycles. The van der Waals surface area contributed by atoms with Gasteiger partial charge in [0.2, 0.25) is 10.0 Å². The van der Waals surface area contributed by atoms with E-state index in [1.165, 1.54) is 0 Å². The van der Waals surface area contributed by atoms with Crippen LogP contribution in [0.1, 0.15) is 43.7 Å². The number of benzene rings is 1. The van der Waals surface area contributed by atoms with Crippen LogP contribution in [0.25, 0.3) is 0 Å². The Labute approximate surface area is 127 Å². The molecule has 0 spiro atoms. The van der Waals surface area contributed by atoms with Crippen LogP contribution < -0.4 is 10.5 Å². The Morgan fingerprint density at radius 1 is 1.19 bits per heavy atom. The van der Waals surface area contributed by atoms with Crippen LogP contribution in [0.15, 0.2) is 23.1 Å². The van der Waals surface area contributed by atoms with Gasteiger partial charge in [0.15, 0.2) is 0 Å². The monoisotopic (exact) mass is 308 g/mol. The van der Waals surface area contributed by atoms with Gasteiger partial charge in [-0.3, -0.25) is 0 Å². The van der Waals surface area contributed by atoms with Crippen molar-refractivity contribution >= 4 is 10.0 Å². The van der Waals surface area contributed by atoms with Gasteiger partial charge in [-0.15, -0.1) is 0 Å². The molecule has 0 unspecified atom stereocenters. The Morgan fingerprint density at radius 2 is 1.81 bits per heavy atom. The van der Waals surface area contributed by atoms with Crippen molar-refractivity contribution in [2.75, 3.05) is 0 Å². The molecule has 0 aromatic heterocycles. The summed E-state index contributed by atoms with van der Waals surface area (Å²) < 4.78 is 28.2. The van der Waals surface area contributed by atoms with Gasteiger partial charge >= 0.3 is 0 Å². The number of nitrogens with two attached hydrogens (primary N) is 1. The predicted molar refractivity (Wildman–Crippen MR) is 83.3 cm³/mol. The molecule has 0 amide bonds. The molecule has 4 nitrogen and oxygen atoms in total. The number of nitrogens with one attached hydrogen (secondary N) is 1. The van der Waals surface area contributed by atoms with E-state index in [9.17, 15) is 8.42 Å². The van der Waals surface area contributed by atoms with Crippen molar-refractivity contribution in [2.45, 2.75) is 56.5 Å². The summed E-state index contributed by atoms with van der Waals surface area (Å²) in [5.41, 5.74) is 7.79. The van der Waals surface area contributed by atoms with Crippen molar-refractivity contribution < 1.29 is 8.42 Å². The number of sulfonamides is 1. The fourth-order valence-electron chi connectivity index (χ4n) is 3.04. The lowest BCUT2D eigenvalue weighted by molar-refractivity contribution is 0.471. The Hall–Kier alpha value is -0.910. The van der Waals surface area contributed by atoms with E-state index in [-0.39, 0.29) is 6.04 Å². The van der Waals surface area contributed by atoms with E-state index in [0.29, 0.717) is 23.3 Å². The van der Waals surface area contributed by atoms with Crippen LogP contribution in [-0.4, -0.2) is 14.5 Å². The highest BCUT2D eigenvalue weighted by Gasteiger charge is 2.43. The van der Waals surface area contributed by atoms with Gasteiger partial charge in [-0.05, 0) is 67.2 Å². The maximum atomic E-state index is 12.6. The SMILES string of the molecule is CCc1ccc(S(=O)(=O)NC(C2CC2)C2CC2)cc1CN. The summed E-state index contributed by atoms with van der Waals surface area (Å²) in [4.78, 5) is 0.353. The summed E-state index contributed by atoms with van der Waals surface area (Å²) in [5.74, 6) is 1.10. The van der Waals surface area contributed by atoms with Gasteiger partial charge in [0.1, 0.15) is 0 Å². The van der Waals surface area contributed by atoms with Gasteiger partial charge < -0.3 is 5.73 Å². The zero-order valence-corrected chi connectivity index (χ0v) is 13.3. The third-order valence-corrected chi connectivity index (χ3v) is 6.10. The molecule has 2 aliphatic rings. The lowest BCUT2D eigenvalue weighted by Gasteiger charge is -2.18. The smallest absolute Gasteiger partial charge is 0.240 e. The lowest BCUT2D eigenvalue weighted by Crippen LogP contribution is -2.38. The maximum absolute atomic E-state index is 12.6. The highest BCUT2D eigenvalue weighted by atomic mass is 32.2. The third kappa shape index (κ3) is 3.30. The van der Waals surface area contributed by atoms with Crippen LogP contribution in [0.2, 0.25) is 0 Å². The van der Waals surface area contributed by atoms with E-state index in [1.807, 2.05) is 6.07 Å². The first-order chi connectivity index (χ1) is 10.0. The molecule has 3 N–H and O–H groups in total. The average Bonchev–Trinajstić information content (AvgIpc) is 3.37. The molecule has 0 bridgehead atoms. The van der Waals surface area contributed by atoms with Gasteiger partial charge in [-0.1, -0.05) is 13.0 Å². The zero-order chi connectivity index (χ0) is 15.0. The van der Waals surface area contributed by atoms with E-state index in [4.69, 9.17) is 5.73 Å². The van der Waals surface area contributed by atoms with Gasteiger partial charge in [0.05, 0.1) is 4.90 Å². The molecule has 116 valence electrons. The van der Waals surface area contributed by atoms with Crippen LogP contribution in [0.4, 0.5) is 0 Å². The minimum absolute atomic E-state index is 0.141. The number of aryl methyl sites for hydroxylation is 1. The van der Waals surface area contributed by atoms with Crippen molar-refractivity contribution in [3.63, 3.8) is 0 Å². The quantitative estimate of drug-likeness (QED) is 0.811. The standard InChI is InChI=1S/C16H24N2O2S/c1-2-11-7-8-15(9-14(11)10-17)21(19,20)18-16(12-3-4-12)13-5-6-13/h7-9,12-13,16,18H,2-6,10,17H2,1H3. The molecule has 0 radical (unpaired) electrons. The average molecular weight is 308 g/mol. The Balaban J connectivity index is 1.83. The van der Waals surface area contributed by atoms with E-state index in [0.717, 1.165) is 43.2 Å². The second kappa shape index (κ2) is 5.71. The van der Waals surface area contributed by atoms with Crippen LogP contribution in [-0.2, 0) is 23.0 Å². The van der Waals surface area contributed by atoms with E-state index in [1.54, 1.807) is 12.1 Å². The fraction of sp³-hybridized carbons (Fsp3) is 0.625. The minimum Gasteiger partial charge on any atom is -0.326 e. The van der Waals surface area contributed by atoms with Crippen molar-refractivity contribution in [3.8, 4) is 0 Å². The topological polar surface area (TPSA) is 72.2 Å². The van der Waals surface area contributed by atoms with Crippen molar-refractivity contribution in [2.24, 2.45) is 17.6 Å². The fourth-order valence-corrected chi connectivity index (χ4v) is 4.46. The molecule has 21 heavy (non-hydrogen) atoms. The lowest BCUT2D eigenvalue weighted by atomic mass is 10.1. The molecule has 3 rings (SSSR count). The Kier molecular flexibility index (Phi) is 4.08. The number of rotatable bonds is 7. The molecule has 2 saturated carbocycles. The molecule has 1 aromatic rings. The summed E-state index contributed by atoms with van der Waals surface area (Å²) in [5, 5.41) is 0. The second-order valence-corrected chi connectivity index (χ2v) is 8.02. The summed E-state index contributed by atoms with van der Waals surface area (Å²) in [7, 11) is -3.43. The van der Waals surface area contributed by atoms with Crippen LogP contribution in [0.5, 0.6) is 0 Å². The molecule has 0 atom stereocenters. The zero-order valence-electron chi connectivity index (χ0n) is 12.5. The highest BCUT2D eigenvalue weighted by Crippen LogP contribution is 2.45. The van der Waals surface area contributed by atoms with Gasteiger partial charge in [0.25, 0.3) is 0 Å². The van der Waals surface area contributed by atoms with Crippen molar-refractivity contribution in [1.29, 1.82) is 0 Å². The molecule has 2 fully saturated rings. The van der Waals surface area contributed by atoms with E-state index < -0.39 is 10.0 Å². The van der Waals surface area contributed by atoms with Crippen LogP contribution in [0, 0.1) is 11.8 Å². The summed E-state index contributed by atoms with van der Waals surface area (Å²) in [6.45, 7) is 2.43. The number of hydrogen-bond acceptors (Lipinski definition) is 3. The molecule has 0 saturated heterocycles. The highest BCUT2D eigenvalue weighted by molar-refractivity contribution is 7.89. The maximum Gasteiger partial charge on any atom is 0.240 e. The summed E-state index contributed by atoms with van der Waals surface area (Å²) in [6.07, 6.45) is 5.51. The first-order valence-corrected chi connectivity index (χ1v) is 9.37. The molecular formula is C16H24N2O2S. The largest absolute Gasteiger partial charge is 0.326 e. The normalized spacial score (nSPS) is 19.2. The van der Waals surface area contributed by atoms with Gasteiger partial charge in [-0.25, -0.2) is 13.1 Å². The van der Waals surface area contributed by atoms with Gasteiger partial charge in [0, 0.05) is 12.6 Å². The summed E-state index contributed by atoms with van der Waals surface area (Å²) >= 11 is 0. The van der Waals surface area contributed by atoms with Crippen LogP contribution >= 0.6 is 0 Å². The van der Waals surface area contributed by atoms with E-state index in [2.05, 4.69) is 11.6 Å². The van der Waals surface area contributed by atoms with Crippen molar-refractivity contribution in [1.82, 2.24) is 4.72 Å².